The Labute approximate surface area is 155 Å². The molecule has 3 aromatic rings. The van der Waals surface area contributed by atoms with E-state index >= 15 is 0 Å². The third-order valence-corrected chi connectivity index (χ3v) is 5.36. The molecule has 1 N–H and O–H groups in total. The highest BCUT2D eigenvalue weighted by molar-refractivity contribution is 7.17. The summed E-state index contributed by atoms with van der Waals surface area (Å²) in [4.78, 5) is 25.9. The lowest BCUT2D eigenvalue weighted by atomic mass is 10.1. The minimum Gasteiger partial charge on any atom is -0.462 e. The maximum atomic E-state index is 12.5. The molecule has 0 bridgehead atoms. The Bertz CT molecular complexity index is 961. The Balaban J connectivity index is 1.83. The summed E-state index contributed by atoms with van der Waals surface area (Å²) in [5, 5.41) is 11.4. The normalized spacial score (nSPS) is 10.9. The van der Waals surface area contributed by atoms with Gasteiger partial charge in [-0.3, -0.25) is 4.79 Å². The highest BCUT2D eigenvalue weighted by atomic mass is 32.1. The van der Waals surface area contributed by atoms with Gasteiger partial charge in [0.25, 0.3) is 0 Å². The lowest BCUT2D eigenvalue weighted by Gasteiger charge is -2.07. The fourth-order valence-corrected chi connectivity index (χ4v) is 3.92. The number of hydrogen-bond donors (Lipinski definition) is 1. The number of carbonyl (C=O) groups is 2. The molecule has 0 saturated carbocycles. The molecular weight excluding hydrogens is 352 g/mol. The summed E-state index contributed by atoms with van der Waals surface area (Å²) in [6.45, 7) is 5.95. The molecule has 2 aromatic heterocycles. The van der Waals surface area contributed by atoms with Crippen LogP contribution in [0.15, 0.2) is 24.3 Å². The Hall–Kier alpha value is -2.74. The number of hydrogen-bond acceptors (Lipinski definition) is 6. The van der Waals surface area contributed by atoms with Crippen LogP contribution in [0.25, 0.3) is 11.0 Å². The quantitative estimate of drug-likeness (QED) is 0.672. The van der Waals surface area contributed by atoms with E-state index in [4.69, 9.17) is 4.74 Å². The van der Waals surface area contributed by atoms with Crippen molar-refractivity contribution >= 4 is 39.2 Å². The van der Waals surface area contributed by atoms with Crippen LogP contribution in [0.4, 0.5) is 5.00 Å². The Morgan fingerprint density at radius 1 is 1.27 bits per heavy atom. The molecule has 136 valence electrons. The van der Waals surface area contributed by atoms with E-state index in [0.29, 0.717) is 10.6 Å². The average Bonchev–Trinajstić information content (AvgIpc) is 3.16. The summed E-state index contributed by atoms with van der Waals surface area (Å²) in [5.74, 6) is -0.683. The van der Waals surface area contributed by atoms with Crippen molar-refractivity contribution in [3.63, 3.8) is 0 Å². The monoisotopic (exact) mass is 372 g/mol. The summed E-state index contributed by atoms with van der Waals surface area (Å²) in [7, 11) is 0. The van der Waals surface area contributed by atoms with Gasteiger partial charge in [0.05, 0.1) is 17.7 Å². The van der Waals surface area contributed by atoms with Gasteiger partial charge in [0, 0.05) is 4.88 Å². The molecule has 0 aliphatic heterocycles. The number of aryl methyl sites for hydroxylation is 1. The second kappa shape index (κ2) is 7.65. The van der Waals surface area contributed by atoms with E-state index in [1.165, 1.54) is 16.0 Å². The lowest BCUT2D eigenvalue weighted by molar-refractivity contribution is -0.116. The van der Waals surface area contributed by atoms with Crippen molar-refractivity contribution < 1.29 is 14.3 Å². The molecule has 26 heavy (non-hydrogen) atoms. The molecule has 1 aromatic carbocycles. The van der Waals surface area contributed by atoms with Crippen LogP contribution in [0.1, 0.15) is 34.6 Å². The van der Waals surface area contributed by atoms with Crippen LogP contribution in [-0.4, -0.2) is 33.5 Å². The van der Waals surface area contributed by atoms with Gasteiger partial charge in [0.1, 0.15) is 17.1 Å². The van der Waals surface area contributed by atoms with Crippen molar-refractivity contribution in [3.05, 3.63) is 40.3 Å². The number of ether oxygens (including phenoxy) is 1. The van der Waals surface area contributed by atoms with Gasteiger partial charge in [-0.25, -0.2) is 9.48 Å². The minimum atomic E-state index is -0.414. The van der Waals surface area contributed by atoms with Gasteiger partial charge in [-0.1, -0.05) is 24.3 Å². The van der Waals surface area contributed by atoms with Crippen LogP contribution in [0, 0.1) is 6.92 Å². The molecule has 0 spiro atoms. The van der Waals surface area contributed by atoms with E-state index in [0.717, 1.165) is 27.9 Å². The number of thiophene rings is 1. The summed E-state index contributed by atoms with van der Waals surface area (Å²) < 4.78 is 6.68. The molecule has 0 unspecified atom stereocenters. The third kappa shape index (κ3) is 3.45. The molecule has 0 fully saturated rings. The number of nitrogens with zero attached hydrogens (tertiary/aromatic N) is 3. The number of esters is 1. The summed E-state index contributed by atoms with van der Waals surface area (Å²) in [5.41, 5.74) is 2.81. The fraction of sp³-hybridized carbons (Fsp3) is 0.333. The Morgan fingerprint density at radius 2 is 2.04 bits per heavy atom. The first-order valence-corrected chi connectivity index (χ1v) is 9.24. The zero-order chi connectivity index (χ0) is 18.7. The topological polar surface area (TPSA) is 86.1 Å². The molecule has 2 heterocycles. The van der Waals surface area contributed by atoms with Gasteiger partial charge in [-0.15, -0.1) is 16.4 Å². The highest BCUT2D eigenvalue weighted by Gasteiger charge is 2.23. The molecule has 7 nitrogen and oxygen atoms in total. The smallest absolute Gasteiger partial charge is 0.341 e. The zero-order valence-electron chi connectivity index (χ0n) is 14.9. The van der Waals surface area contributed by atoms with Crippen LogP contribution in [-0.2, 0) is 22.5 Å². The number of aromatic nitrogens is 3. The number of rotatable bonds is 6. The second-order valence-electron chi connectivity index (χ2n) is 5.71. The number of benzene rings is 1. The van der Waals surface area contributed by atoms with Gasteiger partial charge < -0.3 is 10.1 Å². The SMILES string of the molecule is CCOC(=O)c1c(NC(=O)Cn2nnc3ccccc32)sc(CC)c1C. The third-order valence-electron chi connectivity index (χ3n) is 4.01. The summed E-state index contributed by atoms with van der Waals surface area (Å²) >= 11 is 1.41. The van der Waals surface area contributed by atoms with Crippen LogP contribution in [0.5, 0.6) is 0 Å². The molecule has 0 aliphatic carbocycles. The zero-order valence-corrected chi connectivity index (χ0v) is 15.7. The van der Waals surface area contributed by atoms with Crippen molar-refractivity contribution in [2.24, 2.45) is 0 Å². The highest BCUT2D eigenvalue weighted by Crippen LogP contribution is 2.34. The number of nitrogens with one attached hydrogen (secondary N) is 1. The van der Waals surface area contributed by atoms with E-state index in [-0.39, 0.29) is 19.1 Å². The molecule has 0 atom stereocenters. The first-order chi connectivity index (χ1) is 12.5. The van der Waals surface area contributed by atoms with E-state index in [9.17, 15) is 9.59 Å². The number of anilines is 1. The first kappa shape index (κ1) is 18.1. The van der Waals surface area contributed by atoms with Crippen molar-refractivity contribution in [1.29, 1.82) is 0 Å². The second-order valence-corrected chi connectivity index (χ2v) is 6.82. The molecule has 1 amide bonds. The largest absolute Gasteiger partial charge is 0.462 e. The van der Waals surface area contributed by atoms with Gasteiger partial charge in [-0.2, -0.15) is 0 Å². The van der Waals surface area contributed by atoms with Gasteiger partial charge in [-0.05, 0) is 38.0 Å². The van der Waals surface area contributed by atoms with Crippen molar-refractivity contribution in [2.45, 2.75) is 33.7 Å². The number of para-hydroxylation sites is 1. The molecule has 0 saturated heterocycles. The van der Waals surface area contributed by atoms with Crippen molar-refractivity contribution in [3.8, 4) is 0 Å². The first-order valence-electron chi connectivity index (χ1n) is 8.42. The van der Waals surface area contributed by atoms with Crippen LogP contribution in [0.3, 0.4) is 0 Å². The maximum Gasteiger partial charge on any atom is 0.341 e. The fourth-order valence-electron chi connectivity index (χ4n) is 2.77. The molecule has 0 aliphatic rings. The van der Waals surface area contributed by atoms with Gasteiger partial charge in [0.15, 0.2) is 0 Å². The van der Waals surface area contributed by atoms with E-state index < -0.39 is 5.97 Å². The van der Waals surface area contributed by atoms with Crippen molar-refractivity contribution in [2.75, 3.05) is 11.9 Å². The number of fused-ring (bicyclic) bond motifs is 1. The standard InChI is InChI=1S/C18H20N4O3S/c1-4-14-11(3)16(18(24)25-5-2)17(26-14)19-15(23)10-22-13-9-7-6-8-12(13)20-21-22/h6-9H,4-5,10H2,1-3H3,(H,19,23). The maximum absolute atomic E-state index is 12.5. The summed E-state index contributed by atoms with van der Waals surface area (Å²) in [6.07, 6.45) is 0.784. The predicted molar refractivity (Wildman–Crippen MR) is 101 cm³/mol. The van der Waals surface area contributed by atoms with E-state index in [2.05, 4.69) is 15.6 Å². The molecule has 0 radical (unpaired) electrons. The van der Waals surface area contributed by atoms with Crippen LogP contribution in [0.2, 0.25) is 0 Å². The van der Waals surface area contributed by atoms with Gasteiger partial charge >= 0.3 is 5.97 Å². The van der Waals surface area contributed by atoms with E-state index in [1.54, 1.807) is 6.92 Å². The lowest BCUT2D eigenvalue weighted by Crippen LogP contribution is -2.20. The number of carbonyl (C=O) groups excluding carboxylic acids is 2. The van der Waals surface area contributed by atoms with Gasteiger partial charge in [0.2, 0.25) is 5.91 Å². The molecule has 3 rings (SSSR count). The van der Waals surface area contributed by atoms with Crippen LogP contribution < -0.4 is 5.32 Å². The van der Waals surface area contributed by atoms with Crippen molar-refractivity contribution in [1.82, 2.24) is 15.0 Å². The Morgan fingerprint density at radius 3 is 2.77 bits per heavy atom. The predicted octanol–water partition coefficient (Wildman–Crippen LogP) is 3.18. The molecule has 8 heteroatoms. The summed E-state index contributed by atoms with van der Waals surface area (Å²) in [6, 6.07) is 7.44. The Kier molecular flexibility index (Phi) is 5.32. The average molecular weight is 372 g/mol. The number of amides is 1. The minimum absolute atomic E-state index is 0.0151. The van der Waals surface area contributed by atoms with Crippen LogP contribution >= 0.6 is 11.3 Å². The van der Waals surface area contributed by atoms with E-state index in [1.807, 2.05) is 38.1 Å². The molecular formula is C18H20N4O3S.